The highest BCUT2D eigenvalue weighted by atomic mass is 32.2. The third kappa shape index (κ3) is 6.08. The second kappa shape index (κ2) is 9.80. The van der Waals surface area contributed by atoms with E-state index in [0.717, 1.165) is 30.6 Å². The molecule has 0 atom stereocenters. The van der Waals surface area contributed by atoms with E-state index in [0.29, 0.717) is 6.10 Å². The minimum absolute atomic E-state index is 0.118. The van der Waals surface area contributed by atoms with Crippen LogP contribution in [-0.2, 0) is 34.9 Å². The molecule has 3 rings (SSSR count). The van der Waals surface area contributed by atoms with Crippen molar-refractivity contribution in [2.75, 3.05) is 0 Å². The smallest absolute Gasteiger partial charge is 0.156 e. The van der Waals surface area contributed by atoms with Gasteiger partial charge in [-0.1, -0.05) is 43.3 Å². The molecule has 0 saturated heterocycles. The first kappa shape index (κ1) is 21.9. The predicted octanol–water partition coefficient (Wildman–Crippen LogP) is 5.68. The van der Waals surface area contributed by atoms with Crippen LogP contribution in [0.2, 0.25) is 0 Å². The molecular weight excluding hydrogens is 380 g/mol. The van der Waals surface area contributed by atoms with E-state index >= 15 is 0 Å². The topological polar surface area (TPSA) is 43.4 Å². The van der Waals surface area contributed by atoms with Gasteiger partial charge in [-0.15, -0.1) is 0 Å². The summed E-state index contributed by atoms with van der Waals surface area (Å²) >= 11 is 0. The van der Waals surface area contributed by atoms with Gasteiger partial charge in [0.25, 0.3) is 0 Å². The van der Waals surface area contributed by atoms with Crippen LogP contribution >= 0.6 is 0 Å². The van der Waals surface area contributed by atoms with Gasteiger partial charge in [0.1, 0.15) is 5.75 Å². The van der Waals surface area contributed by atoms with Gasteiger partial charge in [0.2, 0.25) is 0 Å². The van der Waals surface area contributed by atoms with Gasteiger partial charge in [-0.2, -0.15) is 0 Å². The Bertz CT molecular complexity index is 892. The van der Waals surface area contributed by atoms with Crippen molar-refractivity contribution in [1.29, 1.82) is 0 Å². The van der Waals surface area contributed by atoms with Gasteiger partial charge in [-0.05, 0) is 87.1 Å². The number of sulfone groups is 1. The SMILES string of the molecule is CCc1cc(CCc2ccc(CS(=O)(=O)C(C)C)cc2)ccc1OC1CCCC1. The molecule has 1 aliphatic rings. The molecule has 3 nitrogen and oxygen atoms in total. The molecule has 1 fully saturated rings. The summed E-state index contributed by atoms with van der Waals surface area (Å²) in [6.45, 7) is 5.65. The first-order valence-electron chi connectivity index (χ1n) is 10.9. The number of hydrogen-bond donors (Lipinski definition) is 0. The van der Waals surface area contributed by atoms with E-state index in [4.69, 9.17) is 4.74 Å². The van der Waals surface area contributed by atoms with Crippen LogP contribution in [0.25, 0.3) is 0 Å². The van der Waals surface area contributed by atoms with E-state index in [1.807, 2.05) is 12.1 Å². The molecule has 0 aliphatic heterocycles. The highest BCUT2D eigenvalue weighted by Gasteiger charge is 2.18. The van der Waals surface area contributed by atoms with Crippen LogP contribution in [0.15, 0.2) is 42.5 Å². The van der Waals surface area contributed by atoms with Crippen LogP contribution < -0.4 is 4.74 Å². The van der Waals surface area contributed by atoms with Crippen molar-refractivity contribution >= 4 is 9.84 Å². The van der Waals surface area contributed by atoms with Gasteiger partial charge in [0.15, 0.2) is 9.84 Å². The molecule has 0 bridgehead atoms. The lowest BCUT2D eigenvalue weighted by Crippen LogP contribution is -2.15. The molecule has 4 heteroatoms. The average molecular weight is 415 g/mol. The monoisotopic (exact) mass is 414 g/mol. The lowest BCUT2D eigenvalue weighted by atomic mass is 10.0. The molecule has 0 spiro atoms. The van der Waals surface area contributed by atoms with E-state index in [9.17, 15) is 8.42 Å². The predicted molar refractivity (Wildman–Crippen MR) is 120 cm³/mol. The van der Waals surface area contributed by atoms with Gasteiger partial charge in [-0.3, -0.25) is 0 Å². The number of aryl methyl sites for hydroxylation is 3. The molecule has 0 heterocycles. The Labute approximate surface area is 176 Å². The zero-order valence-corrected chi connectivity index (χ0v) is 18.8. The van der Waals surface area contributed by atoms with E-state index in [1.54, 1.807) is 13.8 Å². The van der Waals surface area contributed by atoms with E-state index in [1.165, 1.54) is 42.4 Å². The maximum atomic E-state index is 12.1. The summed E-state index contributed by atoms with van der Waals surface area (Å²) < 4.78 is 30.4. The summed E-state index contributed by atoms with van der Waals surface area (Å²) in [7, 11) is -3.05. The number of ether oxygens (including phenoxy) is 1. The zero-order valence-electron chi connectivity index (χ0n) is 18.0. The summed E-state index contributed by atoms with van der Waals surface area (Å²) in [6, 6.07) is 14.6. The first-order valence-corrected chi connectivity index (χ1v) is 12.7. The first-order chi connectivity index (χ1) is 13.9. The average Bonchev–Trinajstić information content (AvgIpc) is 3.21. The van der Waals surface area contributed by atoms with E-state index < -0.39 is 9.84 Å². The van der Waals surface area contributed by atoms with Gasteiger partial charge < -0.3 is 4.74 Å². The Kier molecular flexibility index (Phi) is 7.39. The normalized spacial score (nSPS) is 15.2. The number of hydrogen-bond acceptors (Lipinski definition) is 3. The van der Waals surface area contributed by atoms with Gasteiger partial charge in [0.05, 0.1) is 17.1 Å². The Morgan fingerprint density at radius 2 is 1.52 bits per heavy atom. The molecule has 0 aromatic heterocycles. The van der Waals surface area contributed by atoms with Crippen molar-refractivity contribution in [3.63, 3.8) is 0 Å². The van der Waals surface area contributed by atoms with E-state index in [2.05, 4.69) is 37.3 Å². The fourth-order valence-corrected chi connectivity index (χ4v) is 4.85. The quantitative estimate of drug-likeness (QED) is 0.530. The summed E-state index contributed by atoms with van der Waals surface area (Å²) in [5, 5.41) is -0.337. The van der Waals surface area contributed by atoms with Crippen molar-refractivity contribution in [3.8, 4) is 5.75 Å². The van der Waals surface area contributed by atoms with Crippen LogP contribution in [0.1, 0.15) is 68.7 Å². The van der Waals surface area contributed by atoms with Crippen LogP contribution in [0, 0.1) is 0 Å². The maximum Gasteiger partial charge on any atom is 0.156 e. The molecule has 1 saturated carbocycles. The summed E-state index contributed by atoms with van der Waals surface area (Å²) in [4.78, 5) is 0. The second-order valence-corrected chi connectivity index (χ2v) is 11.0. The summed E-state index contributed by atoms with van der Waals surface area (Å²) in [6.07, 6.45) is 8.22. The molecule has 2 aromatic carbocycles. The largest absolute Gasteiger partial charge is 0.490 e. The van der Waals surface area contributed by atoms with Crippen molar-refractivity contribution < 1.29 is 13.2 Å². The fourth-order valence-electron chi connectivity index (χ4n) is 3.86. The Morgan fingerprint density at radius 1 is 0.931 bits per heavy atom. The molecule has 0 unspecified atom stereocenters. The maximum absolute atomic E-state index is 12.1. The third-order valence-corrected chi connectivity index (χ3v) is 8.09. The summed E-state index contributed by atoms with van der Waals surface area (Å²) in [5.74, 6) is 1.17. The molecule has 0 radical (unpaired) electrons. The van der Waals surface area contributed by atoms with Crippen LogP contribution in [0.3, 0.4) is 0 Å². The van der Waals surface area contributed by atoms with Crippen molar-refractivity contribution in [2.24, 2.45) is 0 Å². The molecule has 2 aromatic rings. The van der Waals surface area contributed by atoms with Crippen molar-refractivity contribution in [1.82, 2.24) is 0 Å². The Hall–Kier alpha value is -1.81. The zero-order chi connectivity index (χ0) is 20.9. The van der Waals surface area contributed by atoms with Crippen molar-refractivity contribution in [3.05, 3.63) is 64.7 Å². The highest BCUT2D eigenvalue weighted by molar-refractivity contribution is 7.91. The number of rotatable bonds is 9. The molecule has 29 heavy (non-hydrogen) atoms. The standard InChI is InChI=1S/C25H34O3S/c1-4-23-17-21(15-16-25(23)28-24-7-5-6-8-24)12-9-20-10-13-22(14-11-20)18-29(26,27)19(2)3/h10-11,13-17,19,24H,4-9,12,18H2,1-3H3. The van der Waals surface area contributed by atoms with E-state index in [-0.39, 0.29) is 11.0 Å². The minimum Gasteiger partial charge on any atom is -0.490 e. The second-order valence-electron chi connectivity index (χ2n) is 8.49. The lowest BCUT2D eigenvalue weighted by molar-refractivity contribution is 0.208. The molecule has 158 valence electrons. The van der Waals surface area contributed by atoms with Gasteiger partial charge >= 0.3 is 0 Å². The summed E-state index contributed by atoms with van der Waals surface area (Å²) in [5.41, 5.74) is 4.72. The van der Waals surface area contributed by atoms with Crippen molar-refractivity contribution in [2.45, 2.75) is 82.8 Å². The molecule has 1 aliphatic carbocycles. The Balaban J connectivity index is 1.59. The van der Waals surface area contributed by atoms with Crippen LogP contribution in [0.5, 0.6) is 5.75 Å². The van der Waals surface area contributed by atoms with Gasteiger partial charge in [0, 0.05) is 0 Å². The molecule has 0 N–H and O–H groups in total. The molecule has 0 amide bonds. The van der Waals surface area contributed by atoms with Crippen LogP contribution in [0.4, 0.5) is 0 Å². The fraction of sp³-hybridized carbons (Fsp3) is 0.520. The highest BCUT2D eigenvalue weighted by Crippen LogP contribution is 2.28. The lowest BCUT2D eigenvalue weighted by Gasteiger charge is -2.17. The molecular formula is C25H34O3S. The van der Waals surface area contributed by atoms with Gasteiger partial charge in [-0.25, -0.2) is 8.42 Å². The minimum atomic E-state index is -3.05. The number of benzene rings is 2. The van der Waals surface area contributed by atoms with Crippen LogP contribution in [-0.4, -0.2) is 19.8 Å². The third-order valence-electron chi connectivity index (χ3n) is 5.91. The Morgan fingerprint density at radius 3 is 2.14 bits per heavy atom.